The van der Waals surface area contributed by atoms with Gasteiger partial charge >= 0.3 is 0 Å². The lowest BCUT2D eigenvalue weighted by Crippen LogP contribution is -2.32. The Bertz CT molecular complexity index is 581. The Morgan fingerprint density at radius 3 is 2.05 bits per heavy atom. The van der Waals surface area contributed by atoms with Crippen LogP contribution >= 0.6 is 0 Å². The number of ketones is 1. The molecule has 2 unspecified atom stereocenters. The molecule has 1 saturated carbocycles. The number of carbonyl (C=O) groups is 3. The monoisotopic (exact) mass is 285 g/mol. The molecule has 4 nitrogen and oxygen atoms in total. The van der Waals surface area contributed by atoms with Gasteiger partial charge in [0.15, 0.2) is 5.78 Å². The molecular weight excluding hydrogens is 266 g/mol. The Hall–Kier alpha value is -1.97. The van der Waals surface area contributed by atoms with E-state index in [0.717, 1.165) is 19.3 Å². The Balaban J connectivity index is 1.86. The van der Waals surface area contributed by atoms with Gasteiger partial charge in [0, 0.05) is 5.56 Å². The third-order valence-corrected chi connectivity index (χ3v) is 4.84. The molecule has 2 aliphatic rings. The zero-order chi connectivity index (χ0) is 15.1. The van der Waals surface area contributed by atoms with Gasteiger partial charge in [-0.25, -0.2) is 0 Å². The zero-order valence-corrected chi connectivity index (χ0v) is 12.3. The second-order valence-electron chi connectivity index (χ2n) is 6.07. The van der Waals surface area contributed by atoms with E-state index in [-0.39, 0.29) is 29.4 Å². The van der Waals surface area contributed by atoms with Crippen molar-refractivity contribution < 1.29 is 14.4 Å². The van der Waals surface area contributed by atoms with Crippen LogP contribution in [0.25, 0.3) is 0 Å². The van der Waals surface area contributed by atoms with Gasteiger partial charge in [-0.05, 0) is 49.9 Å². The molecule has 2 fully saturated rings. The van der Waals surface area contributed by atoms with Crippen molar-refractivity contribution in [1.29, 1.82) is 0 Å². The molecule has 1 aliphatic carbocycles. The number of fused-ring (bicyclic) bond motifs is 1. The average molecular weight is 285 g/mol. The first-order chi connectivity index (χ1) is 10.0. The molecule has 2 amide bonds. The maximum atomic E-state index is 12.5. The summed E-state index contributed by atoms with van der Waals surface area (Å²) in [6, 6.07) is 6.71. The molecule has 0 bridgehead atoms. The number of rotatable bonds is 3. The van der Waals surface area contributed by atoms with Gasteiger partial charge in [-0.2, -0.15) is 0 Å². The van der Waals surface area contributed by atoms with Gasteiger partial charge in [0.2, 0.25) is 11.8 Å². The smallest absolute Gasteiger partial charge is 0.237 e. The predicted octanol–water partition coefficient (Wildman–Crippen LogP) is 2.81. The third kappa shape index (κ3) is 2.19. The zero-order valence-electron chi connectivity index (χ0n) is 12.3. The minimum absolute atomic E-state index is 0.0247. The number of Topliss-reactive ketones (excluding diaryl/α,β-unsaturated/α-hetero) is 1. The van der Waals surface area contributed by atoms with Gasteiger partial charge in [0.25, 0.3) is 0 Å². The largest absolute Gasteiger partial charge is 0.295 e. The van der Waals surface area contributed by atoms with Gasteiger partial charge in [0.1, 0.15) is 0 Å². The van der Waals surface area contributed by atoms with Crippen molar-refractivity contribution in [2.75, 3.05) is 4.90 Å². The molecule has 1 aromatic rings. The van der Waals surface area contributed by atoms with Crippen LogP contribution in [-0.4, -0.2) is 17.6 Å². The summed E-state index contributed by atoms with van der Waals surface area (Å²) >= 11 is 0. The van der Waals surface area contributed by atoms with Gasteiger partial charge in [-0.1, -0.05) is 13.3 Å². The highest BCUT2D eigenvalue weighted by Gasteiger charge is 2.52. The number of imide groups is 1. The number of hydrogen-bond acceptors (Lipinski definition) is 3. The standard InChI is InChI=1S/C17H19NO3/c1-3-11-8-14-15(9-11)17(21)18(16(14)20)13-6-4-12(5-7-13)10(2)19/h4-7,11,14-15H,3,8-9H2,1-2H3. The van der Waals surface area contributed by atoms with E-state index in [9.17, 15) is 14.4 Å². The van der Waals surface area contributed by atoms with Crippen molar-refractivity contribution in [3.05, 3.63) is 29.8 Å². The van der Waals surface area contributed by atoms with E-state index in [0.29, 0.717) is 17.2 Å². The summed E-state index contributed by atoms with van der Waals surface area (Å²) in [6.07, 6.45) is 2.68. The molecule has 0 N–H and O–H groups in total. The maximum absolute atomic E-state index is 12.5. The van der Waals surface area contributed by atoms with Crippen molar-refractivity contribution in [2.45, 2.75) is 33.1 Å². The van der Waals surface area contributed by atoms with Gasteiger partial charge in [-0.15, -0.1) is 0 Å². The topological polar surface area (TPSA) is 54.5 Å². The number of nitrogens with zero attached hydrogens (tertiary/aromatic N) is 1. The Morgan fingerprint density at radius 2 is 1.62 bits per heavy atom. The lowest BCUT2D eigenvalue weighted by Gasteiger charge is -2.17. The molecule has 3 rings (SSSR count). The van der Waals surface area contributed by atoms with Crippen molar-refractivity contribution in [3.8, 4) is 0 Å². The van der Waals surface area contributed by atoms with Crippen LogP contribution in [0, 0.1) is 17.8 Å². The summed E-state index contributed by atoms with van der Waals surface area (Å²) in [5.74, 6) is 0.0383. The lowest BCUT2D eigenvalue weighted by atomic mass is 10.00. The molecule has 0 aromatic heterocycles. The van der Waals surface area contributed by atoms with E-state index in [1.54, 1.807) is 24.3 Å². The summed E-state index contributed by atoms with van der Waals surface area (Å²) in [6.45, 7) is 3.61. The highest BCUT2D eigenvalue weighted by Crippen LogP contribution is 2.45. The number of anilines is 1. The first-order valence-electron chi connectivity index (χ1n) is 7.51. The van der Waals surface area contributed by atoms with Crippen LogP contribution in [-0.2, 0) is 9.59 Å². The number of benzene rings is 1. The van der Waals surface area contributed by atoms with E-state index < -0.39 is 0 Å². The first kappa shape index (κ1) is 14.0. The summed E-state index contributed by atoms with van der Waals surface area (Å²) in [5, 5.41) is 0. The lowest BCUT2D eigenvalue weighted by molar-refractivity contribution is -0.123. The molecule has 1 heterocycles. The summed E-state index contributed by atoms with van der Waals surface area (Å²) in [4.78, 5) is 37.6. The number of carbonyl (C=O) groups excluding carboxylic acids is 3. The van der Waals surface area contributed by atoms with Crippen LogP contribution in [0.1, 0.15) is 43.5 Å². The van der Waals surface area contributed by atoms with Gasteiger partial charge in [-0.3, -0.25) is 19.3 Å². The van der Waals surface area contributed by atoms with Crippen molar-refractivity contribution >= 4 is 23.3 Å². The van der Waals surface area contributed by atoms with Crippen molar-refractivity contribution in [3.63, 3.8) is 0 Å². The van der Waals surface area contributed by atoms with Crippen molar-refractivity contribution in [1.82, 2.24) is 0 Å². The van der Waals surface area contributed by atoms with Crippen LogP contribution in [0.2, 0.25) is 0 Å². The molecule has 2 atom stereocenters. The van der Waals surface area contributed by atoms with Crippen LogP contribution in [0.5, 0.6) is 0 Å². The molecule has 21 heavy (non-hydrogen) atoms. The molecular formula is C17H19NO3. The molecule has 1 saturated heterocycles. The van der Waals surface area contributed by atoms with Crippen LogP contribution in [0.4, 0.5) is 5.69 Å². The van der Waals surface area contributed by atoms with E-state index >= 15 is 0 Å². The SMILES string of the molecule is CCC1CC2C(=O)N(c3ccc(C(C)=O)cc3)C(=O)C2C1. The highest BCUT2D eigenvalue weighted by atomic mass is 16.2. The summed E-state index contributed by atoms with van der Waals surface area (Å²) in [5.41, 5.74) is 1.17. The Morgan fingerprint density at radius 1 is 1.10 bits per heavy atom. The fourth-order valence-corrected chi connectivity index (χ4v) is 3.56. The normalized spacial score (nSPS) is 28.1. The Labute approximate surface area is 124 Å². The molecule has 1 aromatic carbocycles. The predicted molar refractivity (Wildman–Crippen MR) is 78.9 cm³/mol. The first-order valence-corrected chi connectivity index (χ1v) is 7.51. The number of hydrogen-bond donors (Lipinski definition) is 0. The van der Waals surface area contributed by atoms with E-state index in [1.807, 2.05) is 0 Å². The maximum Gasteiger partial charge on any atom is 0.237 e. The van der Waals surface area contributed by atoms with E-state index in [1.165, 1.54) is 11.8 Å². The second kappa shape index (κ2) is 5.10. The minimum atomic E-state index is -0.144. The fraction of sp³-hybridized carbons (Fsp3) is 0.471. The van der Waals surface area contributed by atoms with Crippen LogP contribution < -0.4 is 4.90 Å². The minimum Gasteiger partial charge on any atom is -0.295 e. The number of amides is 2. The molecule has 0 radical (unpaired) electrons. The van der Waals surface area contributed by atoms with Crippen molar-refractivity contribution in [2.24, 2.45) is 17.8 Å². The van der Waals surface area contributed by atoms with E-state index in [4.69, 9.17) is 0 Å². The summed E-state index contributed by atoms with van der Waals surface area (Å²) < 4.78 is 0. The molecule has 110 valence electrons. The summed E-state index contributed by atoms with van der Waals surface area (Å²) in [7, 11) is 0. The molecule has 0 spiro atoms. The second-order valence-corrected chi connectivity index (χ2v) is 6.07. The van der Waals surface area contributed by atoms with Gasteiger partial charge in [0.05, 0.1) is 17.5 Å². The molecule has 1 aliphatic heterocycles. The van der Waals surface area contributed by atoms with Crippen LogP contribution in [0.15, 0.2) is 24.3 Å². The quantitative estimate of drug-likeness (QED) is 0.634. The highest BCUT2D eigenvalue weighted by molar-refractivity contribution is 6.22. The fourth-order valence-electron chi connectivity index (χ4n) is 3.56. The third-order valence-electron chi connectivity index (χ3n) is 4.84. The van der Waals surface area contributed by atoms with Gasteiger partial charge < -0.3 is 0 Å². The average Bonchev–Trinajstić information content (AvgIpc) is 3.00. The van der Waals surface area contributed by atoms with Crippen LogP contribution in [0.3, 0.4) is 0 Å². The van der Waals surface area contributed by atoms with E-state index in [2.05, 4.69) is 6.92 Å². The molecule has 4 heteroatoms. The Kier molecular flexibility index (Phi) is 3.40.